The SMILES string of the molecule is Cc1ccc(NC(=O)NC(=O)COC(=O)COc2ccccc2[N+](=O)[O-])c(C)c1. The Bertz CT molecular complexity index is 943. The predicted molar refractivity (Wildman–Crippen MR) is 103 cm³/mol. The third-order valence-corrected chi connectivity index (χ3v) is 3.65. The minimum Gasteiger partial charge on any atom is -0.475 e. The molecule has 0 aliphatic heterocycles. The number of imide groups is 1. The summed E-state index contributed by atoms with van der Waals surface area (Å²) in [5.41, 5.74) is 2.09. The summed E-state index contributed by atoms with van der Waals surface area (Å²) in [4.78, 5) is 45.4. The molecule has 0 spiro atoms. The average Bonchev–Trinajstić information content (AvgIpc) is 2.67. The number of carbonyl (C=O) groups excluding carboxylic acids is 3. The minimum atomic E-state index is -0.923. The second-order valence-corrected chi connectivity index (χ2v) is 5.99. The summed E-state index contributed by atoms with van der Waals surface area (Å²) in [5, 5.41) is 15.4. The molecule has 10 nitrogen and oxygen atoms in total. The van der Waals surface area contributed by atoms with E-state index in [0.29, 0.717) is 5.69 Å². The maximum absolute atomic E-state index is 11.8. The molecule has 0 saturated carbocycles. The number of benzene rings is 2. The fourth-order valence-corrected chi connectivity index (χ4v) is 2.32. The Kier molecular flexibility index (Phi) is 7.24. The lowest BCUT2D eigenvalue weighted by atomic mass is 10.1. The Morgan fingerprint density at radius 2 is 1.79 bits per heavy atom. The summed E-state index contributed by atoms with van der Waals surface area (Å²) in [6, 6.07) is 10.1. The number of hydrogen-bond donors (Lipinski definition) is 2. The highest BCUT2D eigenvalue weighted by atomic mass is 16.6. The largest absolute Gasteiger partial charge is 0.475 e. The molecular weight excluding hydrogens is 382 g/mol. The van der Waals surface area contributed by atoms with Crippen molar-refractivity contribution in [2.24, 2.45) is 0 Å². The number of rotatable bonds is 7. The van der Waals surface area contributed by atoms with Crippen LogP contribution in [0, 0.1) is 24.0 Å². The van der Waals surface area contributed by atoms with Crippen molar-refractivity contribution in [2.45, 2.75) is 13.8 Å². The van der Waals surface area contributed by atoms with Gasteiger partial charge in [0.2, 0.25) is 0 Å². The molecule has 2 rings (SSSR count). The number of nitrogens with zero attached hydrogens (tertiary/aromatic N) is 1. The highest BCUT2D eigenvalue weighted by molar-refractivity contribution is 6.02. The van der Waals surface area contributed by atoms with Crippen LogP contribution in [0.15, 0.2) is 42.5 Å². The monoisotopic (exact) mass is 401 g/mol. The molecule has 10 heteroatoms. The number of nitro benzene ring substituents is 1. The van der Waals surface area contributed by atoms with Gasteiger partial charge in [-0.3, -0.25) is 20.2 Å². The Morgan fingerprint density at radius 3 is 2.48 bits per heavy atom. The number of ether oxygens (including phenoxy) is 2. The van der Waals surface area contributed by atoms with Gasteiger partial charge in [0.15, 0.2) is 19.0 Å². The Labute approximate surface area is 166 Å². The molecule has 0 bridgehead atoms. The van der Waals surface area contributed by atoms with Gasteiger partial charge in [-0.25, -0.2) is 9.59 Å². The van der Waals surface area contributed by atoms with Crippen LogP contribution < -0.4 is 15.4 Å². The zero-order valence-electron chi connectivity index (χ0n) is 15.8. The van der Waals surface area contributed by atoms with Crippen molar-refractivity contribution in [1.82, 2.24) is 5.32 Å². The van der Waals surface area contributed by atoms with E-state index in [2.05, 4.69) is 5.32 Å². The maximum atomic E-state index is 11.8. The molecule has 152 valence electrons. The molecule has 0 heterocycles. The number of carbonyl (C=O) groups is 3. The topological polar surface area (TPSA) is 137 Å². The number of nitro groups is 1. The van der Waals surface area contributed by atoms with Crippen molar-refractivity contribution in [2.75, 3.05) is 18.5 Å². The van der Waals surface area contributed by atoms with Crippen LogP contribution in [-0.4, -0.2) is 36.0 Å². The Morgan fingerprint density at radius 1 is 1.07 bits per heavy atom. The molecule has 3 amide bonds. The van der Waals surface area contributed by atoms with Crippen molar-refractivity contribution >= 4 is 29.3 Å². The van der Waals surface area contributed by atoms with E-state index in [1.807, 2.05) is 31.3 Å². The minimum absolute atomic E-state index is 0.105. The second-order valence-electron chi connectivity index (χ2n) is 5.99. The molecule has 0 aliphatic carbocycles. The van der Waals surface area contributed by atoms with E-state index in [1.165, 1.54) is 24.3 Å². The molecule has 0 atom stereocenters. The van der Waals surface area contributed by atoms with Gasteiger partial charge in [-0.15, -0.1) is 0 Å². The van der Waals surface area contributed by atoms with E-state index in [-0.39, 0.29) is 11.4 Å². The van der Waals surface area contributed by atoms with Gasteiger partial charge >= 0.3 is 17.7 Å². The first-order valence-electron chi connectivity index (χ1n) is 8.46. The van der Waals surface area contributed by atoms with Gasteiger partial charge in [0, 0.05) is 11.8 Å². The lowest BCUT2D eigenvalue weighted by Crippen LogP contribution is -2.37. The zero-order valence-corrected chi connectivity index (χ0v) is 15.8. The van der Waals surface area contributed by atoms with Crippen LogP contribution in [0.3, 0.4) is 0 Å². The standard InChI is InChI=1S/C19H19N3O7/c1-12-7-8-14(13(2)9-12)20-19(25)21-17(23)10-29-18(24)11-28-16-6-4-3-5-15(16)22(26)27/h3-9H,10-11H2,1-2H3,(H2,20,21,23,25). The Hall–Kier alpha value is -3.95. The van der Waals surface area contributed by atoms with Gasteiger partial charge in [-0.2, -0.15) is 0 Å². The van der Waals surface area contributed by atoms with E-state index in [9.17, 15) is 24.5 Å². The molecule has 0 fully saturated rings. The van der Waals surface area contributed by atoms with Crippen molar-refractivity contribution in [1.29, 1.82) is 0 Å². The number of aryl methyl sites for hydroxylation is 2. The van der Waals surface area contributed by atoms with E-state index in [4.69, 9.17) is 9.47 Å². The summed E-state index contributed by atoms with van der Waals surface area (Å²) >= 11 is 0. The number of nitrogens with one attached hydrogen (secondary N) is 2. The summed E-state index contributed by atoms with van der Waals surface area (Å²) < 4.78 is 9.74. The van der Waals surface area contributed by atoms with Gasteiger partial charge in [0.1, 0.15) is 0 Å². The smallest absolute Gasteiger partial charge is 0.344 e. The fraction of sp³-hybridized carbons (Fsp3) is 0.211. The average molecular weight is 401 g/mol. The third kappa shape index (κ3) is 6.61. The van der Waals surface area contributed by atoms with Crippen molar-refractivity contribution < 1.29 is 28.8 Å². The molecule has 0 unspecified atom stereocenters. The summed E-state index contributed by atoms with van der Waals surface area (Å²) in [6.07, 6.45) is 0. The molecule has 2 aromatic rings. The molecular formula is C19H19N3O7. The first-order chi connectivity index (χ1) is 13.8. The third-order valence-electron chi connectivity index (χ3n) is 3.65. The van der Waals surface area contributed by atoms with E-state index in [1.54, 1.807) is 6.07 Å². The first kappa shape index (κ1) is 21.4. The van der Waals surface area contributed by atoms with Gasteiger partial charge < -0.3 is 14.8 Å². The summed E-state index contributed by atoms with van der Waals surface area (Å²) in [5.74, 6) is -1.87. The molecule has 0 radical (unpaired) electrons. The van der Waals surface area contributed by atoms with Crippen LogP contribution in [0.25, 0.3) is 0 Å². The van der Waals surface area contributed by atoms with Crippen LogP contribution in [-0.2, 0) is 14.3 Å². The number of para-hydroxylation sites is 2. The predicted octanol–water partition coefficient (Wildman–Crippen LogP) is 2.48. The molecule has 2 aromatic carbocycles. The van der Waals surface area contributed by atoms with Crippen LogP contribution in [0.4, 0.5) is 16.2 Å². The molecule has 0 saturated heterocycles. The molecule has 2 N–H and O–H groups in total. The zero-order chi connectivity index (χ0) is 21.4. The van der Waals surface area contributed by atoms with E-state index >= 15 is 0 Å². The lowest BCUT2D eigenvalue weighted by molar-refractivity contribution is -0.385. The van der Waals surface area contributed by atoms with Crippen molar-refractivity contribution in [3.8, 4) is 5.75 Å². The lowest BCUT2D eigenvalue weighted by Gasteiger charge is -2.10. The van der Waals surface area contributed by atoms with E-state index < -0.39 is 36.0 Å². The Balaban J connectivity index is 1.76. The molecule has 0 aliphatic rings. The van der Waals surface area contributed by atoms with Gasteiger partial charge in [0.25, 0.3) is 5.91 Å². The summed E-state index contributed by atoms with van der Waals surface area (Å²) in [7, 11) is 0. The molecule has 0 aromatic heterocycles. The van der Waals surface area contributed by atoms with Gasteiger partial charge in [-0.1, -0.05) is 29.8 Å². The fourth-order valence-electron chi connectivity index (χ4n) is 2.32. The van der Waals surface area contributed by atoms with Crippen LogP contribution in [0.2, 0.25) is 0 Å². The maximum Gasteiger partial charge on any atom is 0.344 e. The number of hydrogen-bond acceptors (Lipinski definition) is 7. The molecule has 29 heavy (non-hydrogen) atoms. The normalized spacial score (nSPS) is 10.0. The number of urea groups is 1. The second kappa shape index (κ2) is 9.83. The first-order valence-corrected chi connectivity index (χ1v) is 8.46. The van der Waals surface area contributed by atoms with Crippen LogP contribution in [0.5, 0.6) is 5.75 Å². The number of amides is 3. The van der Waals surface area contributed by atoms with Crippen LogP contribution >= 0.6 is 0 Å². The highest BCUT2D eigenvalue weighted by Gasteiger charge is 2.16. The van der Waals surface area contributed by atoms with E-state index in [0.717, 1.165) is 11.1 Å². The van der Waals surface area contributed by atoms with Gasteiger partial charge in [-0.05, 0) is 31.5 Å². The van der Waals surface area contributed by atoms with Crippen molar-refractivity contribution in [3.63, 3.8) is 0 Å². The quantitative estimate of drug-likeness (QED) is 0.413. The van der Waals surface area contributed by atoms with Gasteiger partial charge in [0.05, 0.1) is 4.92 Å². The highest BCUT2D eigenvalue weighted by Crippen LogP contribution is 2.25. The van der Waals surface area contributed by atoms with Crippen molar-refractivity contribution in [3.05, 3.63) is 63.7 Å². The number of anilines is 1. The summed E-state index contributed by atoms with van der Waals surface area (Å²) in [6.45, 7) is 2.38. The van der Waals surface area contributed by atoms with Crippen LogP contribution in [0.1, 0.15) is 11.1 Å². The number of esters is 1.